The van der Waals surface area contributed by atoms with Crippen LogP contribution in [-0.2, 0) is 0 Å². The molecule has 0 saturated carbocycles. The summed E-state index contributed by atoms with van der Waals surface area (Å²) in [6.07, 6.45) is 2.26. The number of rotatable bonds is 3. The topological polar surface area (TPSA) is 60.9 Å². The average Bonchev–Trinajstić information content (AvgIpc) is 3.08. The molecular formula is C13H9N3O2. The van der Waals surface area contributed by atoms with Crippen molar-refractivity contribution in [3.8, 4) is 17.1 Å². The van der Waals surface area contributed by atoms with Crippen molar-refractivity contribution < 1.29 is 9.21 Å². The Hall–Kier alpha value is -2.69. The van der Waals surface area contributed by atoms with Gasteiger partial charge in [0.05, 0.1) is 11.9 Å². The van der Waals surface area contributed by atoms with E-state index in [4.69, 9.17) is 4.42 Å². The molecule has 0 atom stereocenters. The van der Waals surface area contributed by atoms with Crippen LogP contribution in [0.15, 0.2) is 53.1 Å². The molecule has 0 aliphatic carbocycles. The van der Waals surface area contributed by atoms with Gasteiger partial charge >= 0.3 is 0 Å². The van der Waals surface area contributed by atoms with Crippen LogP contribution in [0.2, 0.25) is 0 Å². The first-order valence-electron chi connectivity index (χ1n) is 5.40. The monoisotopic (exact) mass is 239 g/mol. The van der Waals surface area contributed by atoms with Gasteiger partial charge in [-0.3, -0.25) is 4.79 Å². The third kappa shape index (κ3) is 1.71. The molecule has 0 bridgehead atoms. The van der Waals surface area contributed by atoms with E-state index >= 15 is 0 Å². The van der Waals surface area contributed by atoms with Gasteiger partial charge in [0, 0.05) is 0 Å². The molecule has 3 aromatic rings. The van der Waals surface area contributed by atoms with Gasteiger partial charge in [0.15, 0.2) is 17.8 Å². The number of furan rings is 1. The highest BCUT2D eigenvalue weighted by atomic mass is 16.3. The van der Waals surface area contributed by atoms with Crippen molar-refractivity contribution in [3.05, 3.63) is 54.4 Å². The minimum atomic E-state index is 0.283. The van der Waals surface area contributed by atoms with Crippen LogP contribution in [0.1, 0.15) is 10.6 Å². The Morgan fingerprint density at radius 2 is 1.94 bits per heavy atom. The van der Waals surface area contributed by atoms with Crippen molar-refractivity contribution in [2.75, 3.05) is 0 Å². The standard InChI is InChI=1S/C13H9N3O2/c17-9-11-6-7-13(18-11)12-8-14-15-16(12)10-4-2-1-3-5-10/h1-9H. The van der Waals surface area contributed by atoms with E-state index in [0.29, 0.717) is 17.7 Å². The first-order valence-corrected chi connectivity index (χ1v) is 5.40. The van der Waals surface area contributed by atoms with E-state index in [2.05, 4.69) is 10.3 Å². The van der Waals surface area contributed by atoms with Gasteiger partial charge in [0.2, 0.25) is 0 Å². The average molecular weight is 239 g/mol. The van der Waals surface area contributed by atoms with E-state index in [1.54, 1.807) is 23.0 Å². The molecule has 0 amide bonds. The van der Waals surface area contributed by atoms with E-state index in [9.17, 15) is 4.79 Å². The number of aldehydes is 1. The van der Waals surface area contributed by atoms with Crippen molar-refractivity contribution in [3.63, 3.8) is 0 Å². The normalized spacial score (nSPS) is 10.4. The molecule has 0 unspecified atom stereocenters. The SMILES string of the molecule is O=Cc1ccc(-c2cnnn2-c2ccccc2)o1. The highest BCUT2D eigenvalue weighted by Crippen LogP contribution is 2.22. The molecular weight excluding hydrogens is 230 g/mol. The summed E-state index contributed by atoms with van der Waals surface area (Å²) in [5.41, 5.74) is 1.59. The maximum atomic E-state index is 10.6. The zero-order chi connectivity index (χ0) is 12.4. The number of carbonyl (C=O) groups excluding carboxylic acids is 1. The summed E-state index contributed by atoms with van der Waals surface area (Å²) in [7, 11) is 0. The highest BCUT2D eigenvalue weighted by Gasteiger charge is 2.12. The predicted octanol–water partition coefficient (Wildman–Crippen LogP) is 2.34. The van der Waals surface area contributed by atoms with Crippen LogP contribution in [0.4, 0.5) is 0 Å². The second kappa shape index (κ2) is 4.29. The lowest BCUT2D eigenvalue weighted by Crippen LogP contribution is -1.98. The zero-order valence-electron chi connectivity index (χ0n) is 9.35. The molecule has 0 N–H and O–H groups in total. The summed E-state index contributed by atoms with van der Waals surface area (Å²) >= 11 is 0. The van der Waals surface area contributed by atoms with E-state index in [0.717, 1.165) is 5.69 Å². The molecule has 18 heavy (non-hydrogen) atoms. The van der Waals surface area contributed by atoms with Crippen molar-refractivity contribution in [1.29, 1.82) is 0 Å². The van der Waals surface area contributed by atoms with Gasteiger partial charge < -0.3 is 4.42 Å². The lowest BCUT2D eigenvalue weighted by Gasteiger charge is -2.03. The number of hydrogen-bond acceptors (Lipinski definition) is 4. The van der Waals surface area contributed by atoms with E-state index < -0.39 is 0 Å². The predicted molar refractivity (Wildman–Crippen MR) is 64.4 cm³/mol. The van der Waals surface area contributed by atoms with Gasteiger partial charge in [-0.15, -0.1) is 5.10 Å². The Morgan fingerprint density at radius 1 is 1.11 bits per heavy atom. The van der Waals surface area contributed by atoms with Crippen molar-refractivity contribution in [2.45, 2.75) is 0 Å². The van der Waals surface area contributed by atoms with Crippen molar-refractivity contribution in [1.82, 2.24) is 15.0 Å². The minimum absolute atomic E-state index is 0.283. The molecule has 1 aromatic carbocycles. The van der Waals surface area contributed by atoms with Crippen LogP contribution in [0, 0.1) is 0 Å². The number of aromatic nitrogens is 3. The Bertz CT molecular complexity index is 670. The van der Waals surface area contributed by atoms with Gasteiger partial charge in [-0.2, -0.15) is 0 Å². The molecule has 5 heteroatoms. The Balaban J connectivity index is 2.09. The minimum Gasteiger partial charge on any atom is -0.452 e. The fourth-order valence-corrected chi connectivity index (χ4v) is 1.72. The van der Waals surface area contributed by atoms with Crippen molar-refractivity contribution in [2.24, 2.45) is 0 Å². The van der Waals surface area contributed by atoms with Gasteiger partial charge in [0.25, 0.3) is 0 Å². The summed E-state index contributed by atoms with van der Waals surface area (Å²) in [5.74, 6) is 0.844. The lowest BCUT2D eigenvalue weighted by molar-refractivity contribution is 0.110. The zero-order valence-corrected chi connectivity index (χ0v) is 9.35. The highest BCUT2D eigenvalue weighted by molar-refractivity contribution is 5.72. The van der Waals surface area contributed by atoms with E-state index in [1.165, 1.54) is 0 Å². The van der Waals surface area contributed by atoms with Crippen LogP contribution in [0.25, 0.3) is 17.1 Å². The molecule has 3 rings (SSSR count). The summed E-state index contributed by atoms with van der Waals surface area (Å²) in [4.78, 5) is 10.6. The Morgan fingerprint density at radius 3 is 2.67 bits per heavy atom. The van der Waals surface area contributed by atoms with Gasteiger partial charge in [-0.05, 0) is 24.3 Å². The molecule has 0 saturated heterocycles. The molecule has 0 aliphatic heterocycles. The van der Waals surface area contributed by atoms with E-state index in [1.807, 2.05) is 30.3 Å². The number of hydrogen-bond donors (Lipinski definition) is 0. The molecule has 2 aromatic heterocycles. The first kappa shape index (κ1) is 10.5. The molecule has 0 radical (unpaired) electrons. The smallest absolute Gasteiger partial charge is 0.185 e. The molecule has 0 aliphatic rings. The molecule has 2 heterocycles. The quantitative estimate of drug-likeness (QED) is 0.658. The fraction of sp³-hybridized carbons (Fsp3) is 0. The summed E-state index contributed by atoms with van der Waals surface area (Å²) < 4.78 is 7.03. The van der Waals surface area contributed by atoms with Crippen LogP contribution in [0.3, 0.4) is 0 Å². The lowest BCUT2D eigenvalue weighted by atomic mass is 10.3. The van der Waals surface area contributed by atoms with Crippen LogP contribution >= 0.6 is 0 Å². The number of nitrogens with zero attached hydrogens (tertiary/aromatic N) is 3. The van der Waals surface area contributed by atoms with Crippen LogP contribution < -0.4 is 0 Å². The summed E-state index contributed by atoms with van der Waals surface area (Å²) in [6.45, 7) is 0. The largest absolute Gasteiger partial charge is 0.452 e. The fourth-order valence-electron chi connectivity index (χ4n) is 1.72. The molecule has 0 spiro atoms. The van der Waals surface area contributed by atoms with Gasteiger partial charge in [-0.1, -0.05) is 23.4 Å². The first-order chi connectivity index (χ1) is 8.88. The Kier molecular flexibility index (Phi) is 2.49. The molecule has 0 fully saturated rings. The summed E-state index contributed by atoms with van der Waals surface area (Å²) in [5, 5.41) is 7.89. The number of carbonyl (C=O) groups is 1. The van der Waals surface area contributed by atoms with Crippen molar-refractivity contribution >= 4 is 6.29 Å². The number of para-hydroxylation sites is 1. The number of benzene rings is 1. The molecule has 88 valence electrons. The maximum absolute atomic E-state index is 10.6. The maximum Gasteiger partial charge on any atom is 0.185 e. The Labute approximate surface area is 103 Å². The third-order valence-corrected chi connectivity index (χ3v) is 2.55. The van der Waals surface area contributed by atoms with Crippen LogP contribution in [0.5, 0.6) is 0 Å². The summed E-state index contributed by atoms with van der Waals surface area (Å²) in [6, 6.07) is 12.9. The van der Waals surface area contributed by atoms with E-state index in [-0.39, 0.29) is 5.76 Å². The third-order valence-electron chi connectivity index (χ3n) is 2.55. The van der Waals surface area contributed by atoms with Gasteiger partial charge in [-0.25, -0.2) is 4.68 Å². The second-order valence-electron chi connectivity index (χ2n) is 3.69. The van der Waals surface area contributed by atoms with Gasteiger partial charge in [0.1, 0.15) is 5.69 Å². The van der Waals surface area contributed by atoms with Crippen LogP contribution in [-0.4, -0.2) is 21.3 Å². The molecule has 5 nitrogen and oxygen atoms in total. The second-order valence-corrected chi connectivity index (χ2v) is 3.69.